The van der Waals surface area contributed by atoms with E-state index in [1.165, 1.54) is 0 Å². The van der Waals surface area contributed by atoms with Crippen LogP contribution in [0.25, 0.3) is 0 Å². The molecule has 31 heavy (non-hydrogen) atoms. The first kappa shape index (κ1) is 25.9. The van der Waals surface area contributed by atoms with Crippen molar-refractivity contribution >= 4 is 23.8 Å². The molecule has 11 heteroatoms. The summed E-state index contributed by atoms with van der Waals surface area (Å²) in [5.74, 6) is -2.41. The first-order valence-electron chi connectivity index (χ1n) is 10.1. The molecular formula is C20H32N6O5. The van der Waals surface area contributed by atoms with Crippen LogP contribution in [0.1, 0.15) is 31.2 Å². The first-order chi connectivity index (χ1) is 14.7. The summed E-state index contributed by atoms with van der Waals surface area (Å²) in [6.07, 6.45) is 2.86. The lowest BCUT2D eigenvalue weighted by molar-refractivity contribution is -0.142. The number of carbonyl (C=O) groups excluding carboxylic acids is 1. The summed E-state index contributed by atoms with van der Waals surface area (Å²) < 4.78 is 0. The van der Waals surface area contributed by atoms with Crippen molar-refractivity contribution in [1.82, 2.24) is 16.0 Å². The van der Waals surface area contributed by atoms with Gasteiger partial charge in [0.25, 0.3) is 0 Å². The predicted octanol–water partition coefficient (Wildman–Crippen LogP) is -0.788. The zero-order chi connectivity index (χ0) is 23.2. The van der Waals surface area contributed by atoms with E-state index in [0.29, 0.717) is 25.8 Å². The molecule has 11 nitrogen and oxygen atoms in total. The van der Waals surface area contributed by atoms with Crippen LogP contribution in [0.15, 0.2) is 30.3 Å². The maximum Gasteiger partial charge on any atom is 0.326 e. The summed E-state index contributed by atoms with van der Waals surface area (Å²) in [7, 11) is 0. The second-order valence-corrected chi connectivity index (χ2v) is 7.17. The molecule has 1 aromatic carbocycles. The summed E-state index contributed by atoms with van der Waals surface area (Å²) in [6, 6.07) is 7.36. The molecule has 1 aliphatic heterocycles. The number of carboxylic acid groups (broad SMARTS) is 2. The van der Waals surface area contributed by atoms with E-state index in [-0.39, 0.29) is 17.9 Å². The van der Waals surface area contributed by atoms with Gasteiger partial charge >= 0.3 is 11.9 Å². The number of amides is 1. The smallest absolute Gasteiger partial charge is 0.326 e. The Morgan fingerprint density at radius 3 is 2.39 bits per heavy atom. The minimum atomic E-state index is -1.05. The van der Waals surface area contributed by atoms with E-state index in [4.69, 9.17) is 27.1 Å². The average Bonchev–Trinajstić information content (AvgIpc) is 3.26. The summed E-state index contributed by atoms with van der Waals surface area (Å²) in [4.78, 5) is 33.2. The third kappa shape index (κ3) is 11.0. The summed E-state index contributed by atoms with van der Waals surface area (Å²) >= 11 is 0. The minimum Gasteiger partial charge on any atom is -0.480 e. The van der Waals surface area contributed by atoms with Crippen molar-refractivity contribution in [3.8, 4) is 0 Å². The lowest BCUT2D eigenvalue weighted by Gasteiger charge is -2.17. The van der Waals surface area contributed by atoms with E-state index in [2.05, 4.69) is 16.0 Å². The number of nitrogens with two attached hydrogens (primary N) is 2. The number of nitrogens with one attached hydrogen (secondary N) is 4. The largest absolute Gasteiger partial charge is 0.480 e. The SMILES string of the molecule is N=C(N)NCCC[C@H](NC(=O)[C@@H]1CCCN1)C(=O)O.N[C@H](Cc1ccccc1)C(=O)O. The van der Waals surface area contributed by atoms with Crippen LogP contribution < -0.4 is 27.4 Å². The van der Waals surface area contributed by atoms with E-state index >= 15 is 0 Å². The van der Waals surface area contributed by atoms with Gasteiger partial charge in [0.15, 0.2) is 5.96 Å². The van der Waals surface area contributed by atoms with E-state index in [1.807, 2.05) is 30.3 Å². The third-order valence-corrected chi connectivity index (χ3v) is 4.59. The summed E-state index contributed by atoms with van der Waals surface area (Å²) in [5, 5.41) is 32.7. The maximum atomic E-state index is 11.8. The Kier molecular flexibility index (Phi) is 11.6. The van der Waals surface area contributed by atoms with Crippen molar-refractivity contribution < 1.29 is 24.6 Å². The number of carboxylic acids is 2. The summed E-state index contributed by atoms with van der Waals surface area (Å²) in [6.45, 7) is 1.20. The Hall–Kier alpha value is -3.18. The van der Waals surface area contributed by atoms with Gasteiger partial charge in [-0.1, -0.05) is 30.3 Å². The fourth-order valence-corrected chi connectivity index (χ4v) is 2.92. The van der Waals surface area contributed by atoms with Crippen LogP contribution in [0.5, 0.6) is 0 Å². The number of benzene rings is 1. The van der Waals surface area contributed by atoms with Crippen LogP contribution in [0.3, 0.4) is 0 Å². The van der Waals surface area contributed by atoms with Crippen LogP contribution in [-0.2, 0) is 20.8 Å². The molecule has 10 N–H and O–H groups in total. The van der Waals surface area contributed by atoms with E-state index in [1.54, 1.807) is 0 Å². The number of rotatable bonds is 10. The van der Waals surface area contributed by atoms with Crippen molar-refractivity contribution in [2.24, 2.45) is 11.5 Å². The second-order valence-electron chi connectivity index (χ2n) is 7.17. The predicted molar refractivity (Wildman–Crippen MR) is 115 cm³/mol. The molecule has 0 spiro atoms. The molecule has 1 aliphatic rings. The molecule has 0 aliphatic carbocycles. The highest BCUT2D eigenvalue weighted by Crippen LogP contribution is 2.06. The lowest BCUT2D eigenvalue weighted by atomic mass is 10.1. The zero-order valence-electron chi connectivity index (χ0n) is 17.3. The fourth-order valence-electron chi connectivity index (χ4n) is 2.92. The molecule has 3 atom stereocenters. The molecule has 0 radical (unpaired) electrons. The molecule has 1 saturated heterocycles. The fraction of sp³-hybridized carbons (Fsp3) is 0.500. The summed E-state index contributed by atoms with van der Waals surface area (Å²) in [5.41, 5.74) is 11.4. The molecule has 0 saturated carbocycles. The van der Waals surface area contributed by atoms with E-state index in [9.17, 15) is 14.4 Å². The number of guanidine groups is 1. The second kappa shape index (κ2) is 13.9. The lowest BCUT2D eigenvalue weighted by Crippen LogP contribution is -2.48. The molecular weight excluding hydrogens is 404 g/mol. The van der Waals surface area contributed by atoms with Gasteiger partial charge < -0.3 is 37.6 Å². The molecule has 0 aromatic heterocycles. The van der Waals surface area contributed by atoms with Crippen molar-refractivity contribution in [2.45, 2.75) is 50.2 Å². The molecule has 1 fully saturated rings. The Morgan fingerprint density at radius 1 is 1.19 bits per heavy atom. The number of hydrogen-bond donors (Lipinski definition) is 8. The van der Waals surface area contributed by atoms with Crippen LogP contribution in [-0.4, -0.2) is 65.2 Å². The van der Waals surface area contributed by atoms with Crippen molar-refractivity contribution in [1.29, 1.82) is 5.41 Å². The van der Waals surface area contributed by atoms with E-state index < -0.39 is 24.0 Å². The standard InChI is InChI=1S/C11H21N5O3.C9H11NO2/c12-11(13)15-6-2-4-8(10(18)19)16-9(17)7-3-1-5-14-7;10-8(9(11)12)6-7-4-2-1-3-5-7/h7-8,14H,1-6H2,(H,16,17)(H,18,19)(H4,12,13,15);1-5,8H,6,10H2,(H,11,12)/t7-,8-;8-/m01/s1. The highest BCUT2D eigenvalue weighted by atomic mass is 16.4. The maximum absolute atomic E-state index is 11.8. The number of carbonyl (C=O) groups is 3. The highest BCUT2D eigenvalue weighted by molar-refractivity contribution is 5.87. The molecule has 1 aromatic rings. The molecule has 172 valence electrons. The third-order valence-electron chi connectivity index (χ3n) is 4.59. The Labute approximate surface area is 181 Å². The Balaban J connectivity index is 0.000000343. The van der Waals surface area contributed by atoms with Crippen LogP contribution >= 0.6 is 0 Å². The van der Waals surface area contributed by atoms with Gasteiger partial charge in [-0.3, -0.25) is 15.0 Å². The Morgan fingerprint density at radius 2 is 1.87 bits per heavy atom. The molecule has 1 heterocycles. The van der Waals surface area contributed by atoms with Gasteiger partial charge in [-0.2, -0.15) is 0 Å². The quantitative estimate of drug-likeness (QED) is 0.131. The van der Waals surface area contributed by atoms with Crippen LogP contribution in [0.4, 0.5) is 0 Å². The topological polar surface area (TPSA) is 204 Å². The zero-order valence-corrected chi connectivity index (χ0v) is 17.3. The average molecular weight is 437 g/mol. The first-order valence-corrected chi connectivity index (χ1v) is 10.1. The van der Waals surface area contributed by atoms with Crippen molar-refractivity contribution in [3.05, 3.63) is 35.9 Å². The van der Waals surface area contributed by atoms with Gasteiger partial charge in [0.2, 0.25) is 5.91 Å². The molecule has 0 unspecified atom stereocenters. The highest BCUT2D eigenvalue weighted by Gasteiger charge is 2.26. The van der Waals surface area contributed by atoms with Gasteiger partial charge in [0, 0.05) is 6.54 Å². The van der Waals surface area contributed by atoms with Crippen molar-refractivity contribution in [3.63, 3.8) is 0 Å². The number of hydrogen-bond acceptors (Lipinski definition) is 6. The number of aliphatic carboxylic acids is 2. The normalized spacial score (nSPS) is 16.9. The van der Waals surface area contributed by atoms with Gasteiger partial charge in [0.1, 0.15) is 12.1 Å². The van der Waals surface area contributed by atoms with Gasteiger partial charge in [-0.25, -0.2) is 4.79 Å². The molecule has 1 amide bonds. The van der Waals surface area contributed by atoms with Gasteiger partial charge in [-0.15, -0.1) is 0 Å². The van der Waals surface area contributed by atoms with Crippen LogP contribution in [0.2, 0.25) is 0 Å². The molecule has 2 rings (SSSR count). The van der Waals surface area contributed by atoms with Crippen LogP contribution in [0, 0.1) is 5.41 Å². The molecule has 0 bridgehead atoms. The van der Waals surface area contributed by atoms with Gasteiger partial charge in [-0.05, 0) is 44.2 Å². The monoisotopic (exact) mass is 436 g/mol. The van der Waals surface area contributed by atoms with Gasteiger partial charge in [0.05, 0.1) is 6.04 Å². The van der Waals surface area contributed by atoms with E-state index in [0.717, 1.165) is 24.9 Å². The Bertz CT molecular complexity index is 724. The minimum absolute atomic E-state index is 0.147. The van der Waals surface area contributed by atoms with Crippen molar-refractivity contribution in [2.75, 3.05) is 13.1 Å².